The largest absolute Gasteiger partial charge is 0.461 e. The van der Waals surface area contributed by atoms with Gasteiger partial charge in [-0.15, -0.1) is 11.8 Å². The number of hydrogen-bond acceptors (Lipinski definition) is 4. The maximum absolute atomic E-state index is 15.4. The minimum absolute atomic E-state index is 0.0608. The molecule has 1 aliphatic heterocycles. The van der Waals surface area contributed by atoms with Gasteiger partial charge in [-0.3, -0.25) is 0 Å². The monoisotopic (exact) mass is 469 g/mol. The topological polar surface area (TPSA) is 55.4 Å². The van der Waals surface area contributed by atoms with Gasteiger partial charge in [0.2, 0.25) is 0 Å². The van der Waals surface area contributed by atoms with Gasteiger partial charge in [0.15, 0.2) is 0 Å². The molecular formula is C17H22BrF2NO3S2. The third-order valence-electron chi connectivity index (χ3n) is 4.03. The Kier molecular flexibility index (Phi) is 6.58. The molecule has 1 aromatic rings. The van der Waals surface area contributed by atoms with Gasteiger partial charge in [0.1, 0.15) is 5.54 Å². The Morgan fingerprint density at radius 3 is 2.65 bits per heavy atom. The summed E-state index contributed by atoms with van der Waals surface area (Å²) in [6, 6.07) is 5.04. The van der Waals surface area contributed by atoms with E-state index in [0.717, 1.165) is 0 Å². The fourth-order valence-corrected chi connectivity index (χ4v) is 5.12. The van der Waals surface area contributed by atoms with Crippen molar-refractivity contribution < 1.29 is 22.5 Å². The van der Waals surface area contributed by atoms with E-state index in [1.165, 1.54) is 18.7 Å². The summed E-state index contributed by atoms with van der Waals surface area (Å²) in [4.78, 5) is 12.8. The Morgan fingerprint density at radius 2 is 2.08 bits per heavy atom. The molecule has 0 spiro atoms. The number of carbonyl (C=O) groups excluding carboxylic acids is 1. The predicted octanol–water partition coefficient (Wildman–Crippen LogP) is 4.39. The van der Waals surface area contributed by atoms with E-state index in [2.05, 4.69) is 25.4 Å². The number of ether oxygens (including phenoxy) is 1. The number of halogens is 3. The molecule has 9 heteroatoms. The van der Waals surface area contributed by atoms with Crippen LogP contribution in [0.15, 0.2) is 27.6 Å². The van der Waals surface area contributed by atoms with Crippen LogP contribution in [-0.4, -0.2) is 33.2 Å². The average molecular weight is 470 g/mol. The Balaban J connectivity index is 2.67. The van der Waals surface area contributed by atoms with E-state index >= 15 is 8.78 Å². The number of nitrogens with one attached hydrogen (secondary N) is 1. The fraction of sp³-hybridized carbons (Fsp3) is 0.588. The van der Waals surface area contributed by atoms with Gasteiger partial charge in [-0.2, -0.15) is 8.78 Å². The second-order valence-corrected chi connectivity index (χ2v) is 10.9. The lowest BCUT2D eigenvalue weighted by molar-refractivity contribution is -0.185. The molecule has 4 nitrogen and oxygen atoms in total. The minimum Gasteiger partial charge on any atom is -0.461 e. The number of alkyl halides is 2. The molecule has 0 saturated heterocycles. The first-order valence-corrected chi connectivity index (χ1v) is 11.1. The molecule has 0 bridgehead atoms. The van der Waals surface area contributed by atoms with Crippen molar-refractivity contribution in [3.8, 4) is 0 Å². The minimum atomic E-state index is -3.89. The van der Waals surface area contributed by atoms with Crippen LogP contribution in [0.1, 0.15) is 39.7 Å². The highest BCUT2D eigenvalue weighted by Crippen LogP contribution is 2.50. The van der Waals surface area contributed by atoms with E-state index < -0.39 is 33.2 Å². The van der Waals surface area contributed by atoms with E-state index in [0.29, 0.717) is 15.1 Å². The fourth-order valence-electron chi connectivity index (χ4n) is 2.61. The van der Waals surface area contributed by atoms with Gasteiger partial charge in [-0.25, -0.2) is 13.7 Å². The Labute approximate surface area is 167 Å². The first kappa shape index (κ1) is 21.8. The Morgan fingerprint density at radius 1 is 1.42 bits per heavy atom. The van der Waals surface area contributed by atoms with Crippen molar-refractivity contribution in [2.45, 2.75) is 55.2 Å². The molecule has 0 aliphatic carbocycles. The van der Waals surface area contributed by atoms with E-state index in [1.807, 2.05) is 0 Å². The number of benzene rings is 1. The maximum atomic E-state index is 15.4. The molecule has 0 radical (unpaired) electrons. The predicted molar refractivity (Wildman–Crippen MR) is 104 cm³/mol. The summed E-state index contributed by atoms with van der Waals surface area (Å²) in [6.07, 6.45) is -0.0608. The molecule has 1 N–H and O–H groups in total. The molecule has 0 amide bonds. The first-order valence-electron chi connectivity index (χ1n) is 8.13. The zero-order valence-electron chi connectivity index (χ0n) is 15.0. The lowest BCUT2D eigenvalue weighted by atomic mass is 9.81. The summed E-state index contributed by atoms with van der Waals surface area (Å²) in [5.41, 5.74) is -1.86. The SMILES string of the molecule is CCOC(=O)C(F)(F)C1(NS(=O)C(C)(C)C)CCSc2ccc(Br)cc21. The number of esters is 1. The van der Waals surface area contributed by atoms with Crippen molar-refractivity contribution in [3.05, 3.63) is 28.2 Å². The summed E-state index contributed by atoms with van der Waals surface area (Å²) in [6.45, 7) is 6.37. The quantitative estimate of drug-likeness (QED) is 0.649. The van der Waals surface area contributed by atoms with E-state index in [-0.39, 0.29) is 18.6 Å². The van der Waals surface area contributed by atoms with Gasteiger partial charge in [0.05, 0.1) is 22.3 Å². The zero-order valence-corrected chi connectivity index (χ0v) is 18.2. The Bertz CT molecular complexity index is 724. The van der Waals surface area contributed by atoms with Crippen molar-refractivity contribution >= 4 is 44.6 Å². The lowest BCUT2D eigenvalue weighted by Gasteiger charge is -2.44. The molecule has 1 aromatic carbocycles. The number of carbonyl (C=O) groups is 1. The van der Waals surface area contributed by atoms with Crippen molar-refractivity contribution in [1.82, 2.24) is 4.72 Å². The standard InChI is InChI=1S/C17H22BrF2NO3S2/c1-5-24-14(22)17(19,20)16(21-26(23)15(2,3)4)8-9-25-13-7-6-11(18)10-12(13)16/h6-7,10,21H,5,8-9H2,1-4H3. The van der Waals surface area contributed by atoms with Crippen LogP contribution >= 0.6 is 27.7 Å². The highest BCUT2D eigenvalue weighted by atomic mass is 79.9. The molecule has 26 heavy (non-hydrogen) atoms. The van der Waals surface area contributed by atoms with Crippen LogP contribution in [0.25, 0.3) is 0 Å². The van der Waals surface area contributed by atoms with E-state index in [4.69, 9.17) is 0 Å². The summed E-state index contributed by atoms with van der Waals surface area (Å²) >= 11 is 4.74. The smallest absolute Gasteiger partial charge is 0.379 e. The third-order valence-corrected chi connectivity index (χ3v) is 7.24. The van der Waals surface area contributed by atoms with Gasteiger partial charge in [-0.05, 0) is 57.9 Å². The number of rotatable bonds is 5. The van der Waals surface area contributed by atoms with Crippen LogP contribution in [-0.2, 0) is 26.1 Å². The number of thioether (sulfide) groups is 1. The van der Waals surface area contributed by atoms with Crippen LogP contribution in [0, 0.1) is 0 Å². The van der Waals surface area contributed by atoms with Crippen LogP contribution < -0.4 is 4.72 Å². The third kappa shape index (κ3) is 4.00. The molecule has 146 valence electrons. The average Bonchev–Trinajstić information content (AvgIpc) is 2.54. The number of fused-ring (bicyclic) bond motifs is 1. The van der Waals surface area contributed by atoms with E-state index in [9.17, 15) is 9.00 Å². The summed E-state index contributed by atoms with van der Waals surface area (Å²) in [5.74, 6) is -5.14. The zero-order chi connectivity index (χ0) is 19.8. The molecule has 1 heterocycles. The highest BCUT2D eigenvalue weighted by Gasteiger charge is 2.63. The van der Waals surface area contributed by atoms with Crippen LogP contribution in [0.5, 0.6) is 0 Å². The maximum Gasteiger partial charge on any atom is 0.379 e. The highest BCUT2D eigenvalue weighted by molar-refractivity contribution is 9.10. The molecule has 2 atom stereocenters. The molecule has 1 aliphatic rings. The van der Waals surface area contributed by atoms with Gasteiger partial charge >= 0.3 is 11.9 Å². The molecule has 2 rings (SSSR count). The summed E-state index contributed by atoms with van der Waals surface area (Å²) in [7, 11) is -1.82. The van der Waals surface area contributed by atoms with Crippen LogP contribution in [0.3, 0.4) is 0 Å². The van der Waals surface area contributed by atoms with Crippen molar-refractivity contribution in [1.29, 1.82) is 0 Å². The van der Waals surface area contributed by atoms with Gasteiger partial charge in [0.25, 0.3) is 0 Å². The van der Waals surface area contributed by atoms with Crippen molar-refractivity contribution in [3.63, 3.8) is 0 Å². The normalized spacial score (nSPS) is 21.8. The van der Waals surface area contributed by atoms with Crippen LogP contribution in [0.4, 0.5) is 8.78 Å². The van der Waals surface area contributed by atoms with E-state index in [1.54, 1.807) is 39.0 Å². The second kappa shape index (κ2) is 7.85. The summed E-state index contributed by atoms with van der Waals surface area (Å²) in [5, 5.41) is 0. The first-order chi connectivity index (χ1) is 12.0. The van der Waals surface area contributed by atoms with Crippen molar-refractivity contribution in [2.24, 2.45) is 0 Å². The second-order valence-electron chi connectivity index (χ2n) is 6.92. The van der Waals surface area contributed by atoms with Gasteiger partial charge in [-0.1, -0.05) is 15.9 Å². The molecule has 2 unspecified atom stereocenters. The Hall–Kier alpha value is -0.510. The van der Waals surface area contributed by atoms with Gasteiger partial charge in [0, 0.05) is 15.1 Å². The molecule has 0 aromatic heterocycles. The summed E-state index contributed by atoms with van der Waals surface area (Å²) < 4.78 is 50.7. The number of hydrogen-bond donors (Lipinski definition) is 1. The molecule has 0 fully saturated rings. The molecular weight excluding hydrogens is 448 g/mol. The molecule has 0 saturated carbocycles. The van der Waals surface area contributed by atoms with Crippen LogP contribution in [0.2, 0.25) is 0 Å². The van der Waals surface area contributed by atoms with Gasteiger partial charge < -0.3 is 4.74 Å². The lowest BCUT2D eigenvalue weighted by Crippen LogP contribution is -2.63. The van der Waals surface area contributed by atoms with Crippen molar-refractivity contribution in [2.75, 3.05) is 12.4 Å².